The van der Waals surface area contributed by atoms with E-state index in [2.05, 4.69) is 10.3 Å². The van der Waals surface area contributed by atoms with Crippen molar-refractivity contribution in [3.8, 4) is 5.75 Å². The van der Waals surface area contributed by atoms with Gasteiger partial charge in [-0.25, -0.2) is 4.98 Å². The Labute approximate surface area is 158 Å². The smallest absolute Gasteiger partial charge is 0.296 e. The molecule has 1 aromatic heterocycles. The first-order valence-corrected chi connectivity index (χ1v) is 9.18. The molecule has 1 aliphatic heterocycles. The normalized spacial score (nSPS) is 15.5. The van der Waals surface area contributed by atoms with Gasteiger partial charge in [-0.05, 0) is 32.8 Å². The molecule has 1 N–H and O–H groups in total. The van der Waals surface area contributed by atoms with Gasteiger partial charge in [0.15, 0.2) is 5.69 Å². The molecule has 3 rings (SSSR count). The second-order valence-electron chi connectivity index (χ2n) is 6.92. The Morgan fingerprint density at radius 3 is 2.78 bits per heavy atom. The summed E-state index contributed by atoms with van der Waals surface area (Å²) in [6.07, 6.45) is 0.691. The van der Waals surface area contributed by atoms with E-state index >= 15 is 0 Å². The Kier molecular flexibility index (Phi) is 5.60. The summed E-state index contributed by atoms with van der Waals surface area (Å²) < 4.78 is 13.2. The topological polar surface area (TPSA) is 82.5 Å². The molecular formula is C20H25N3O4. The van der Waals surface area contributed by atoms with Crippen molar-refractivity contribution >= 4 is 5.91 Å². The highest BCUT2D eigenvalue weighted by Gasteiger charge is 2.33. The molecule has 1 aliphatic rings. The van der Waals surface area contributed by atoms with Gasteiger partial charge in [-0.3, -0.25) is 14.2 Å². The van der Waals surface area contributed by atoms with Crippen LogP contribution in [-0.4, -0.2) is 28.6 Å². The van der Waals surface area contributed by atoms with Gasteiger partial charge in [-0.15, -0.1) is 0 Å². The lowest BCUT2D eigenvalue weighted by Gasteiger charge is -2.25. The Hall–Kier alpha value is -2.67. The zero-order valence-electron chi connectivity index (χ0n) is 15.9. The second-order valence-corrected chi connectivity index (χ2v) is 6.92. The van der Waals surface area contributed by atoms with E-state index in [0.717, 1.165) is 5.56 Å². The van der Waals surface area contributed by atoms with Crippen molar-refractivity contribution in [2.45, 2.75) is 45.9 Å². The molecule has 0 saturated heterocycles. The number of fused-ring (bicyclic) bond motifs is 1. The highest BCUT2D eigenvalue weighted by molar-refractivity contribution is 5.94. The van der Waals surface area contributed by atoms with Crippen LogP contribution in [0.5, 0.6) is 5.75 Å². The van der Waals surface area contributed by atoms with Crippen LogP contribution in [0.25, 0.3) is 0 Å². The molecule has 0 radical (unpaired) electrons. The van der Waals surface area contributed by atoms with E-state index in [0.29, 0.717) is 31.9 Å². The molecule has 0 spiro atoms. The number of carbonyl (C=O) groups is 1. The van der Waals surface area contributed by atoms with Crippen LogP contribution in [0.3, 0.4) is 0 Å². The van der Waals surface area contributed by atoms with E-state index < -0.39 is 11.5 Å². The predicted octanol–water partition coefficient (Wildman–Crippen LogP) is 2.23. The highest BCUT2D eigenvalue weighted by atomic mass is 16.5. The minimum absolute atomic E-state index is 0.00241. The SMILES string of the molecule is CCNC(=O)c1nc2n(c(=O)c1OCc1ccccc1)CCCOC2(C)C. The molecule has 144 valence electrons. The second kappa shape index (κ2) is 7.92. The summed E-state index contributed by atoms with van der Waals surface area (Å²) in [6, 6.07) is 9.50. The van der Waals surface area contributed by atoms with Gasteiger partial charge < -0.3 is 14.8 Å². The van der Waals surface area contributed by atoms with E-state index in [1.165, 1.54) is 0 Å². The Balaban J connectivity index is 2.08. The van der Waals surface area contributed by atoms with E-state index in [4.69, 9.17) is 9.47 Å². The van der Waals surface area contributed by atoms with Crippen molar-refractivity contribution in [3.05, 3.63) is 57.8 Å². The van der Waals surface area contributed by atoms with Crippen LogP contribution in [0.2, 0.25) is 0 Å². The van der Waals surface area contributed by atoms with Crippen LogP contribution in [0.1, 0.15) is 49.1 Å². The van der Waals surface area contributed by atoms with Crippen LogP contribution in [0, 0.1) is 0 Å². The lowest BCUT2D eigenvalue weighted by molar-refractivity contribution is -0.0227. The molecule has 2 aromatic rings. The van der Waals surface area contributed by atoms with Crippen LogP contribution in [0.4, 0.5) is 0 Å². The number of hydrogen-bond donors (Lipinski definition) is 1. The summed E-state index contributed by atoms with van der Waals surface area (Å²) in [5.41, 5.74) is -0.213. The number of ether oxygens (including phenoxy) is 2. The molecular weight excluding hydrogens is 346 g/mol. The first kappa shape index (κ1) is 19.1. The molecule has 0 bridgehead atoms. The third kappa shape index (κ3) is 4.03. The summed E-state index contributed by atoms with van der Waals surface area (Å²) in [7, 11) is 0. The minimum Gasteiger partial charge on any atom is -0.481 e. The molecule has 0 unspecified atom stereocenters. The largest absolute Gasteiger partial charge is 0.481 e. The van der Waals surface area contributed by atoms with Crippen molar-refractivity contribution < 1.29 is 14.3 Å². The number of nitrogens with zero attached hydrogens (tertiary/aromatic N) is 2. The number of amides is 1. The maximum atomic E-state index is 13.2. The number of benzene rings is 1. The van der Waals surface area contributed by atoms with Crippen LogP contribution < -0.4 is 15.6 Å². The molecule has 0 fully saturated rings. The van der Waals surface area contributed by atoms with E-state index in [1.807, 2.05) is 51.1 Å². The molecule has 7 nitrogen and oxygen atoms in total. The van der Waals surface area contributed by atoms with E-state index in [-0.39, 0.29) is 23.6 Å². The fourth-order valence-corrected chi connectivity index (χ4v) is 3.08. The molecule has 0 saturated carbocycles. The van der Waals surface area contributed by atoms with Crippen molar-refractivity contribution in [3.63, 3.8) is 0 Å². The highest BCUT2D eigenvalue weighted by Crippen LogP contribution is 2.27. The fourth-order valence-electron chi connectivity index (χ4n) is 3.08. The lowest BCUT2D eigenvalue weighted by atomic mass is 10.1. The maximum absolute atomic E-state index is 13.2. The molecule has 0 atom stereocenters. The summed E-state index contributed by atoms with van der Waals surface area (Å²) in [5, 5.41) is 2.71. The maximum Gasteiger partial charge on any atom is 0.296 e. The zero-order chi connectivity index (χ0) is 19.4. The monoisotopic (exact) mass is 371 g/mol. The van der Waals surface area contributed by atoms with Crippen molar-refractivity contribution in [1.82, 2.24) is 14.9 Å². The fraction of sp³-hybridized carbons (Fsp3) is 0.450. The number of hydrogen-bond acceptors (Lipinski definition) is 5. The summed E-state index contributed by atoms with van der Waals surface area (Å²) >= 11 is 0. The van der Waals surface area contributed by atoms with E-state index in [1.54, 1.807) is 4.57 Å². The Morgan fingerprint density at radius 2 is 2.07 bits per heavy atom. The molecule has 2 heterocycles. The third-order valence-corrected chi connectivity index (χ3v) is 4.43. The number of nitrogens with one attached hydrogen (secondary N) is 1. The molecule has 0 aliphatic carbocycles. The van der Waals surface area contributed by atoms with Gasteiger partial charge in [-0.1, -0.05) is 30.3 Å². The quantitative estimate of drug-likeness (QED) is 0.871. The van der Waals surface area contributed by atoms with Gasteiger partial charge in [-0.2, -0.15) is 0 Å². The summed E-state index contributed by atoms with van der Waals surface area (Å²) in [5.74, 6) is -0.00863. The first-order valence-electron chi connectivity index (χ1n) is 9.18. The Bertz CT molecular complexity index is 875. The molecule has 27 heavy (non-hydrogen) atoms. The van der Waals surface area contributed by atoms with Gasteiger partial charge in [0, 0.05) is 19.7 Å². The number of carbonyl (C=O) groups excluding carboxylic acids is 1. The van der Waals surface area contributed by atoms with E-state index in [9.17, 15) is 9.59 Å². The molecule has 1 aromatic carbocycles. The number of aromatic nitrogens is 2. The van der Waals surface area contributed by atoms with Crippen molar-refractivity contribution in [1.29, 1.82) is 0 Å². The lowest BCUT2D eigenvalue weighted by Crippen LogP contribution is -2.37. The standard InChI is InChI=1S/C20H25N3O4/c1-4-21-17(24)15-16(26-13-14-9-6-5-7-10-14)18(25)23-11-8-12-27-20(2,3)19(23)22-15/h5-7,9-10H,4,8,11-13H2,1-3H3,(H,21,24). The van der Waals surface area contributed by atoms with Crippen molar-refractivity contribution in [2.75, 3.05) is 13.2 Å². The number of rotatable bonds is 5. The molecule has 1 amide bonds. The third-order valence-electron chi connectivity index (χ3n) is 4.43. The summed E-state index contributed by atoms with van der Waals surface area (Å²) in [4.78, 5) is 30.3. The zero-order valence-corrected chi connectivity index (χ0v) is 15.9. The van der Waals surface area contributed by atoms with Gasteiger partial charge in [0.2, 0.25) is 5.75 Å². The molecule has 7 heteroatoms. The van der Waals surface area contributed by atoms with Crippen LogP contribution >= 0.6 is 0 Å². The van der Waals surface area contributed by atoms with Crippen LogP contribution in [0.15, 0.2) is 35.1 Å². The minimum atomic E-state index is -0.769. The average molecular weight is 371 g/mol. The van der Waals surface area contributed by atoms with Crippen molar-refractivity contribution in [2.24, 2.45) is 0 Å². The first-order chi connectivity index (χ1) is 12.9. The predicted molar refractivity (Wildman–Crippen MR) is 101 cm³/mol. The Morgan fingerprint density at radius 1 is 1.33 bits per heavy atom. The van der Waals surface area contributed by atoms with Crippen LogP contribution in [-0.2, 0) is 23.5 Å². The van der Waals surface area contributed by atoms with Gasteiger partial charge in [0.05, 0.1) is 0 Å². The van der Waals surface area contributed by atoms with Gasteiger partial charge >= 0.3 is 0 Å². The van der Waals surface area contributed by atoms with Gasteiger partial charge in [0.25, 0.3) is 11.5 Å². The van der Waals surface area contributed by atoms with Gasteiger partial charge in [0.1, 0.15) is 18.0 Å². The average Bonchev–Trinajstić information content (AvgIpc) is 2.80. The summed E-state index contributed by atoms with van der Waals surface area (Å²) in [6.45, 7) is 7.12.